The molecule has 0 N–H and O–H groups in total. The number of amides is 2. The largest absolute Gasteiger partial charge is 0.295 e. The molecule has 0 unspecified atom stereocenters. The first-order valence-corrected chi connectivity index (χ1v) is 18.6. The van der Waals surface area contributed by atoms with Crippen LogP contribution in [0.4, 0.5) is 11.6 Å². The molecule has 2 aromatic heterocycles. The number of hydrogen-bond acceptors (Lipinski definition) is 4. The van der Waals surface area contributed by atoms with Crippen LogP contribution in [0.1, 0.15) is 96.3 Å². The molecule has 4 atom stereocenters. The van der Waals surface area contributed by atoms with Crippen molar-refractivity contribution >= 4 is 69.9 Å². The van der Waals surface area contributed by atoms with Gasteiger partial charge in [0.05, 0.1) is 0 Å². The van der Waals surface area contributed by atoms with Crippen LogP contribution in [-0.2, 0) is 9.59 Å². The Hall–Kier alpha value is -1.60. The molecule has 248 valence electrons. The minimum atomic E-state index is -0.924. The first-order valence-electron chi connectivity index (χ1n) is 16.8. The summed E-state index contributed by atoms with van der Waals surface area (Å²) in [5.41, 5.74) is 0. The maximum absolute atomic E-state index is 13.2. The second kappa shape index (κ2) is 18.1. The average Bonchev–Trinajstić information content (AvgIpc) is 3.47. The molecular formula is C35H48Cl4N4O2. The van der Waals surface area contributed by atoms with Gasteiger partial charge in [-0.1, -0.05) is 95.6 Å². The fourth-order valence-electron chi connectivity index (χ4n) is 6.79. The number of pyridine rings is 2. The van der Waals surface area contributed by atoms with Gasteiger partial charge in [0.1, 0.15) is 21.4 Å². The summed E-state index contributed by atoms with van der Waals surface area (Å²) in [6.07, 6.45) is 19.9. The zero-order valence-electron chi connectivity index (χ0n) is 26.3. The van der Waals surface area contributed by atoms with Crippen LogP contribution < -0.4 is 9.80 Å². The summed E-state index contributed by atoms with van der Waals surface area (Å²) in [4.78, 5) is 36.6. The molecule has 4 rings (SSSR count). The van der Waals surface area contributed by atoms with Gasteiger partial charge < -0.3 is 0 Å². The lowest BCUT2D eigenvalue weighted by atomic mass is 9.90. The molecule has 45 heavy (non-hydrogen) atoms. The van der Waals surface area contributed by atoms with Crippen molar-refractivity contribution in [2.45, 2.75) is 106 Å². The van der Waals surface area contributed by atoms with Crippen LogP contribution in [0.3, 0.4) is 0 Å². The van der Waals surface area contributed by atoms with Crippen molar-refractivity contribution in [1.29, 1.82) is 0 Å². The minimum absolute atomic E-state index is 0.0618. The SMILES string of the molecule is O=C1N(c2ccccn2)C[C@H](CCl)[C@@]1(Cl)CCCCCCCCCCCCCCC[C@@]1(Cl)C(=O)N(c2ccccn2)C[C@@H]1CCl. The number of rotatable bonds is 20. The third kappa shape index (κ3) is 9.27. The highest BCUT2D eigenvalue weighted by Gasteiger charge is 2.53. The third-order valence-corrected chi connectivity index (χ3v) is 11.7. The van der Waals surface area contributed by atoms with Crippen LogP contribution >= 0.6 is 46.4 Å². The van der Waals surface area contributed by atoms with Gasteiger partial charge in [-0.2, -0.15) is 0 Å². The highest BCUT2D eigenvalue weighted by molar-refractivity contribution is 6.39. The van der Waals surface area contributed by atoms with Gasteiger partial charge in [0.25, 0.3) is 0 Å². The Balaban J connectivity index is 1.00. The average molecular weight is 699 g/mol. The molecular weight excluding hydrogens is 650 g/mol. The van der Waals surface area contributed by atoms with Gasteiger partial charge in [-0.25, -0.2) is 9.97 Å². The predicted molar refractivity (Wildman–Crippen MR) is 188 cm³/mol. The van der Waals surface area contributed by atoms with E-state index in [0.29, 0.717) is 49.3 Å². The molecule has 2 aliphatic rings. The zero-order chi connectivity index (χ0) is 32.1. The summed E-state index contributed by atoms with van der Waals surface area (Å²) in [6.45, 7) is 1.05. The Labute approximate surface area is 289 Å². The quantitative estimate of drug-likeness (QED) is 0.102. The Morgan fingerprint density at radius 1 is 0.578 bits per heavy atom. The topological polar surface area (TPSA) is 66.4 Å². The third-order valence-electron chi connectivity index (χ3n) is 9.61. The summed E-state index contributed by atoms with van der Waals surface area (Å²) in [5.74, 6) is 1.77. The van der Waals surface area contributed by atoms with Crippen LogP contribution in [0.25, 0.3) is 0 Å². The number of nitrogens with zero attached hydrogens (tertiary/aromatic N) is 4. The Morgan fingerprint density at radius 2 is 0.911 bits per heavy atom. The Morgan fingerprint density at radius 3 is 1.20 bits per heavy atom. The lowest BCUT2D eigenvalue weighted by Crippen LogP contribution is -2.39. The zero-order valence-corrected chi connectivity index (χ0v) is 29.3. The number of hydrogen-bond donors (Lipinski definition) is 0. The maximum atomic E-state index is 13.2. The fourth-order valence-corrected chi connectivity index (χ4v) is 8.43. The summed E-state index contributed by atoms with van der Waals surface area (Å²) in [5, 5.41) is 0. The fraction of sp³-hybridized carbons (Fsp3) is 0.657. The van der Waals surface area contributed by atoms with Crippen molar-refractivity contribution < 1.29 is 9.59 Å². The molecule has 2 amide bonds. The minimum Gasteiger partial charge on any atom is -0.295 e. The van der Waals surface area contributed by atoms with E-state index < -0.39 is 9.75 Å². The van der Waals surface area contributed by atoms with Gasteiger partial charge in [-0.3, -0.25) is 19.4 Å². The molecule has 2 fully saturated rings. The van der Waals surface area contributed by atoms with E-state index in [1.165, 1.54) is 57.8 Å². The Bertz CT molecular complexity index is 1100. The van der Waals surface area contributed by atoms with E-state index in [2.05, 4.69) is 9.97 Å². The van der Waals surface area contributed by atoms with Crippen LogP contribution in [0.15, 0.2) is 48.8 Å². The van der Waals surface area contributed by atoms with Crippen molar-refractivity contribution in [2.75, 3.05) is 34.6 Å². The first-order chi connectivity index (χ1) is 21.8. The van der Waals surface area contributed by atoms with E-state index in [4.69, 9.17) is 46.4 Å². The summed E-state index contributed by atoms with van der Waals surface area (Å²) in [6, 6.07) is 11.1. The van der Waals surface area contributed by atoms with Gasteiger partial charge in [0.15, 0.2) is 0 Å². The summed E-state index contributed by atoms with van der Waals surface area (Å²) in [7, 11) is 0. The number of alkyl halides is 4. The second-order valence-electron chi connectivity index (χ2n) is 12.7. The van der Waals surface area contributed by atoms with Gasteiger partial charge in [-0.15, -0.1) is 46.4 Å². The molecule has 2 aliphatic heterocycles. The van der Waals surface area contributed by atoms with E-state index in [-0.39, 0.29) is 23.7 Å². The molecule has 10 heteroatoms. The van der Waals surface area contributed by atoms with Crippen molar-refractivity contribution in [3.8, 4) is 0 Å². The van der Waals surface area contributed by atoms with E-state index >= 15 is 0 Å². The van der Waals surface area contributed by atoms with Crippen LogP contribution in [0, 0.1) is 11.8 Å². The second-order valence-corrected chi connectivity index (χ2v) is 14.7. The van der Waals surface area contributed by atoms with Crippen molar-refractivity contribution in [2.24, 2.45) is 11.8 Å². The molecule has 0 spiro atoms. The molecule has 4 heterocycles. The monoisotopic (exact) mass is 696 g/mol. The van der Waals surface area contributed by atoms with Gasteiger partial charge in [-0.05, 0) is 37.1 Å². The highest BCUT2D eigenvalue weighted by atomic mass is 35.5. The lowest BCUT2D eigenvalue weighted by Gasteiger charge is -2.24. The number of carbonyl (C=O) groups is 2. The van der Waals surface area contributed by atoms with E-state index in [1.807, 2.05) is 36.4 Å². The predicted octanol–water partition coefficient (Wildman–Crippen LogP) is 9.39. The molecule has 2 saturated heterocycles. The first kappa shape index (κ1) is 36.2. The van der Waals surface area contributed by atoms with E-state index in [9.17, 15) is 9.59 Å². The number of carbonyl (C=O) groups excluding carboxylic acids is 2. The van der Waals surface area contributed by atoms with E-state index in [1.54, 1.807) is 22.2 Å². The molecule has 6 nitrogen and oxygen atoms in total. The highest BCUT2D eigenvalue weighted by Crippen LogP contribution is 2.43. The molecule has 0 radical (unpaired) electrons. The molecule has 0 saturated carbocycles. The molecule has 0 bridgehead atoms. The summed E-state index contributed by atoms with van der Waals surface area (Å²) >= 11 is 26.3. The van der Waals surface area contributed by atoms with Crippen LogP contribution in [-0.4, -0.2) is 56.4 Å². The van der Waals surface area contributed by atoms with E-state index in [0.717, 1.165) is 25.7 Å². The maximum Gasteiger partial charge on any atom is 0.249 e. The number of unbranched alkanes of at least 4 members (excludes halogenated alkanes) is 12. The van der Waals surface area contributed by atoms with Crippen molar-refractivity contribution in [1.82, 2.24) is 9.97 Å². The van der Waals surface area contributed by atoms with Gasteiger partial charge >= 0.3 is 0 Å². The molecule has 0 aliphatic carbocycles. The van der Waals surface area contributed by atoms with Crippen molar-refractivity contribution in [3.63, 3.8) is 0 Å². The molecule has 2 aromatic rings. The van der Waals surface area contributed by atoms with Crippen LogP contribution in [0.2, 0.25) is 0 Å². The summed E-state index contributed by atoms with van der Waals surface area (Å²) < 4.78 is 0. The molecule has 0 aromatic carbocycles. The van der Waals surface area contributed by atoms with Crippen molar-refractivity contribution in [3.05, 3.63) is 48.8 Å². The van der Waals surface area contributed by atoms with Crippen LogP contribution in [0.5, 0.6) is 0 Å². The number of anilines is 2. The smallest absolute Gasteiger partial charge is 0.249 e. The lowest BCUT2D eigenvalue weighted by molar-refractivity contribution is -0.120. The number of aromatic nitrogens is 2. The standard InChI is InChI=1S/C35H48Cl4N4O2/c36-24-28-26-42(30-18-12-16-22-40-30)32(44)34(28,38)20-14-10-8-6-4-2-1-3-5-7-9-11-15-21-35(39)29(25-37)27-43(33(35)45)31-19-13-17-23-41-31/h12-13,16-19,22-23,28-29H,1-11,14-15,20-21,24-27H2/t28-,29-,34-,35-/m0/s1. The van der Waals surface area contributed by atoms with Gasteiger partial charge in [0, 0.05) is 49.1 Å². The normalized spacial score (nSPS) is 25.1. The van der Waals surface area contributed by atoms with Gasteiger partial charge in [0.2, 0.25) is 11.8 Å². The number of halogens is 4. The Kier molecular flexibility index (Phi) is 14.6.